The van der Waals surface area contributed by atoms with E-state index in [9.17, 15) is 9.18 Å². The number of halogens is 2. The van der Waals surface area contributed by atoms with E-state index in [0.29, 0.717) is 5.56 Å². The van der Waals surface area contributed by atoms with Crippen molar-refractivity contribution in [2.24, 2.45) is 0 Å². The Balaban J connectivity index is 2.73. The van der Waals surface area contributed by atoms with Crippen LogP contribution in [0.1, 0.15) is 5.56 Å². The molecule has 0 aromatic heterocycles. The quantitative estimate of drug-likeness (QED) is 0.776. The van der Waals surface area contributed by atoms with Crippen molar-refractivity contribution in [2.75, 3.05) is 26.3 Å². The van der Waals surface area contributed by atoms with Crippen LogP contribution in [0.5, 0.6) is 0 Å². The molecule has 0 saturated carbocycles. The number of amides is 1. The average Bonchev–Trinajstić information content (AvgIpc) is 2.39. The van der Waals surface area contributed by atoms with E-state index in [-0.39, 0.29) is 37.2 Å². The summed E-state index contributed by atoms with van der Waals surface area (Å²) in [6, 6.07) is 4.11. The van der Waals surface area contributed by atoms with Crippen molar-refractivity contribution in [1.29, 1.82) is 0 Å². The molecule has 0 unspecified atom stereocenters. The second-order valence-electron chi connectivity index (χ2n) is 3.78. The van der Waals surface area contributed by atoms with E-state index in [1.165, 1.54) is 35.3 Å². The van der Waals surface area contributed by atoms with Gasteiger partial charge in [0, 0.05) is 19.2 Å². The molecule has 0 spiro atoms. The summed E-state index contributed by atoms with van der Waals surface area (Å²) in [4.78, 5) is 13.1. The van der Waals surface area contributed by atoms with Gasteiger partial charge in [-0.3, -0.25) is 4.79 Å². The number of carbonyl (C=O) groups is 1. The summed E-state index contributed by atoms with van der Waals surface area (Å²) in [5.41, 5.74) is 0.590. The highest BCUT2D eigenvalue weighted by Gasteiger charge is 2.08. The van der Waals surface area contributed by atoms with E-state index < -0.39 is 5.82 Å². The lowest BCUT2D eigenvalue weighted by Gasteiger charge is -2.18. The molecular formula is C13H15ClFNO3. The molecule has 1 rings (SSSR count). The number of benzene rings is 1. The minimum Gasteiger partial charge on any atom is -0.395 e. The van der Waals surface area contributed by atoms with Gasteiger partial charge in [0.05, 0.1) is 18.2 Å². The zero-order valence-electron chi connectivity index (χ0n) is 10.2. The first-order valence-corrected chi connectivity index (χ1v) is 6.10. The molecule has 6 heteroatoms. The summed E-state index contributed by atoms with van der Waals surface area (Å²) in [7, 11) is 0. The van der Waals surface area contributed by atoms with Crippen LogP contribution in [-0.4, -0.2) is 47.3 Å². The topological polar surface area (TPSA) is 60.8 Å². The van der Waals surface area contributed by atoms with Crippen LogP contribution in [0, 0.1) is 5.82 Å². The van der Waals surface area contributed by atoms with Crippen molar-refractivity contribution in [2.45, 2.75) is 0 Å². The molecule has 19 heavy (non-hydrogen) atoms. The smallest absolute Gasteiger partial charge is 0.246 e. The van der Waals surface area contributed by atoms with Gasteiger partial charge in [0.15, 0.2) is 0 Å². The molecule has 0 saturated heterocycles. The van der Waals surface area contributed by atoms with Gasteiger partial charge in [0.25, 0.3) is 0 Å². The molecule has 0 aliphatic rings. The lowest BCUT2D eigenvalue weighted by molar-refractivity contribution is -0.126. The molecule has 0 atom stereocenters. The normalized spacial score (nSPS) is 10.9. The molecule has 0 fully saturated rings. The third kappa shape index (κ3) is 4.98. The Hall–Kier alpha value is -1.43. The second-order valence-corrected chi connectivity index (χ2v) is 4.19. The van der Waals surface area contributed by atoms with Gasteiger partial charge in [0.2, 0.25) is 5.91 Å². The zero-order chi connectivity index (χ0) is 14.3. The van der Waals surface area contributed by atoms with Gasteiger partial charge in [-0.1, -0.05) is 17.7 Å². The molecule has 0 aliphatic carbocycles. The first-order valence-electron chi connectivity index (χ1n) is 5.72. The fourth-order valence-electron chi connectivity index (χ4n) is 1.46. The van der Waals surface area contributed by atoms with Crippen molar-refractivity contribution in [3.05, 3.63) is 40.7 Å². The predicted octanol–water partition coefficient (Wildman–Crippen LogP) is 1.31. The molecule has 0 aliphatic heterocycles. The van der Waals surface area contributed by atoms with Crippen LogP contribution in [0.2, 0.25) is 5.02 Å². The van der Waals surface area contributed by atoms with Gasteiger partial charge in [-0.25, -0.2) is 4.39 Å². The van der Waals surface area contributed by atoms with Crippen molar-refractivity contribution in [1.82, 2.24) is 4.90 Å². The standard InChI is InChI=1S/C13H15ClFNO3/c14-11-9-10(1-3-12(11)15)2-4-13(19)16(5-7-17)6-8-18/h1-4,9,17-18H,5-8H2/b4-2+. The summed E-state index contributed by atoms with van der Waals surface area (Å²) in [6.07, 6.45) is 2.78. The number of hydrogen-bond donors (Lipinski definition) is 2. The van der Waals surface area contributed by atoms with Crippen molar-refractivity contribution in [3.63, 3.8) is 0 Å². The van der Waals surface area contributed by atoms with Crippen LogP contribution >= 0.6 is 11.6 Å². The lowest BCUT2D eigenvalue weighted by Crippen LogP contribution is -2.34. The summed E-state index contributed by atoms with van der Waals surface area (Å²) in [6.45, 7) is -0.0638. The maximum atomic E-state index is 12.9. The molecule has 1 aromatic carbocycles. The van der Waals surface area contributed by atoms with Crippen molar-refractivity contribution >= 4 is 23.6 Å². The minimum atomic E-state index is -0.521. The number of aliphatic hydroxyl groups is 2. The Labute approximate surface area is 115 Å². The fraction of sp³-hybridized carbons (Fsp3) is 0.308. The van der Waals surface area contributed by atoms with Crippen LogP contribution in [-0.2, 0) is 4.79 Å². The van der Waals surface area contributed by atoms with Gasteiger partial charge in [-0.2, -0.15) is 0 Å². The Morgan fingerprint density at radius 2 is 1.95 bits per heavy atom. The SMILES string of the molecule is O=C(/C=C/c1ccc(F)c(Cl)c1)N(CCO)CCO. The molecule has 0 bridgehead atoms. The van der Waals surface area contributed by atoms with E-state index in [0.717, 1.165) is 0 Å². The number of rotatable bonds is 6. The molecule has 104 valence electrons. The van der Waals surface area contributed by atoms with Gasteiger partial charge >= 0.3 is 0 Å². The highest BCUT2D eigenvalue weighted by molar-refractivity contribution is 6.30. The largest absolute Gasteiger partial charge is 0.395 e. The average molecular weight is 288 g/mol. The lowest BCUT2D eigenvalue weighted by atomic mass is 10.2. The highest BCUT2D eigenvalue weighted by atomic mass is 35.5. The maximum Gasteiger partial charge on any atom is 0.246 e. The van der Waals surface area contributed by atoms with Gasteiger partial charge < -0.3 is 15.1 Å². The summed E-state index contributed by atoms with van der Waals surface area (Å²) in [5.74, 6) is -0.865. The molecular weight excluding hydrogens is 273 g/mol. The minimum absolute atomic E-state index is 0.0165. The predicted molar refractivity (Wildman–Crippen MR) is 71.2 cm³/mol. The molecule has 1 amide bonds. The van der Waals surface area contributed by atoms with Crippen molar-refractivity contribution < 1.29 is 19.4 Å². The monoisotopic (exact) mass is 287 g/mol. The first kappa shape index (κ1) is 15.6. The number of hydrogen-bond acceptors (Lipinski definition) is 3. The molecule has 4 nitrogen and oxygen atoms in total. The molecule has 2 N–H and O–H groups in total. The molecule has 1 aromatic rings. The zero-order valence-corrected chi connectivity index (χ0v) is 11.0. The van der Waals surface area contributed by atoms with E-state index in [4.69, 9.17) is 21.8 Å². The number of carbonyl (C=O) groups excluding carboxylic acids is 1. The van der Waals surface area contributed by atoms with E-state index in [1.54, 1.807) is 0 Å². The molecule has 0 heterocycles. The Morgan fingerprint density at radius 3 is 2.47 bits per heavy atom. The maximum absolute atomic E-state index is 12.9. The second kappa shape index (κ2) is 7.89. The number of nitrogens with zero attached hydrogens (tertiary/aromatic N) is 1. The van der Waals surface area contributed by atoms with E-state index >= 15 is 0 Å². The van der Waals surface area contributed by atoms with Crippen LogP contribution < -0.4 is 0 Å². The van der Waals surface area contributed by atoms with E-state index in [2.05, 4.69) is 0 Å². The van der Waals surface area contributed by atoms with Gasteiger partial charge in [-0.15, -0.1) is 0 Å². The summed E-state index contributed by atoms with van der Waals surface area (Å²) >= 11 is 5.62. The van der Waals surface area contributed by atoms with Crippen LogP contribution in [0.15, 0.2) is 24.3 Å². The fourth-order valence-corrected chi connectivity index (χ4v) is 1.65. The Bertz CT molecular complexity index is 459. The Kier molecular flexibility index (Phi) is 6.49. The van der Waals surface area contributed by atoms with E-state index in [1.807, 2.05) is 0 Å². The van der Waals surface area contributed by atoms with Crippen LogP contribution in [0.3, 0.4) is 0 Å². The van der Waals surface area contributed by atoms with Crippen LogP contribution in [0.25, 0.3) is 6.08 Å². The number of aliphatic hydroxyl groups excluding tert-OH is 2. The Morgan fingerprint density at radius 1 is 1.32 bits per heavy atom. The molecule has 0 radical (unpaired) electrons. The highest BCUT2D eigenvalue weighted by Crippen LogP contribution is 2.16. The third-order valence-electron chi connectivity index (χ3n) is 2.41. The third-order valence-corrected chi connectivity index (χ3v) is 2.70. The van der Waals surface area contributed by atoms with Gasteiger partial charge in [-0.05, 0) is 23.8 Å². The van der Waals surface area contributed by atoms with Gasteiger partial charge in [0.1, 0.15) is 5.82 Å². The van der Waals surface area contributed by atoms with Crippen molar-refractivity contribution in [3.8, 4) is 0 Å². The summed E-state index contributed by atoms with van der Waals surface area (Å²) < 4.78 is 12.9. The first-order chi connectivity index (χ1) is 9.08. The summed E-state index contributed by atoms with van der Waals surface area (Å²) in [5, 5.41) is 17.6. The van der Waals surface area contributed by atoms with Crippen LogP contribution in [0.4, 0.5) is 4.39 Å².